The SMILES string of the molecule is Cn1cc(-n2nc(-c3ccc(Cl)cc3)cc(C(=O)N[C@H]3CCC[C@H]3O)c2=O)cn1. The Hall–Kier alpha value is -2.97. The Kier molecular flexibility index (Phi) is 5.21. The van der Waals surface area contributed by atoms with E-state index in [-0.39, 0.29) is 11.6 Å². The molecule has 1 aliphatic carbocycles. The van der Waals surface area contributed by atoms with E-state index in [2.05, 4.69) is 15.5 Å². The average Bonchev–Trinajstić information content (AvgIpc) is 3.31. The van der Waals surface area contributed by atoms with Crippen LogP contribution in [0.4, 0.5) is 0 Å². The fraction of sp³-hybridized carbons (Fsp3) is 0.300. The molecule has 2 atom stereocenters. The molecule has 150 valence electrons. The lowest BCUT2D eigenvalue weighted by atomic mass is 10.1. The smallest absolute Gasteiger partial charge is 0.284 e. The first kappa shape index (κ1) is 19.4. The maximum atomic E-state index is 13.0. The first-order valence-electron chi connectivity index (χ1n) is 9.30. The van der Waals surface area contributed by atoms with Crippen molar-refractivity contribution < 1.29 is 9.90 Å². The fourth-order valence-electron chi connectivity index (χ4n) is 3.47. The summed E-state index contributed by atoms with van der Waals surface area (Å²) in [6, 6.07) is 8.08. The van der Waals surface area contributed by atoms with Gasteiger partial charge in [-0.2, -0.15) is 14.9 Å². The molecule has 29 heavy (non-hydrogen) atoms. The maximum Gasteiger partial charge on any atom is 0.284 e. The van der Waals surface area contributed by atoms with Crippen molar-refractivity contribution in [3.8, 4) is 16.9 Å². The highest BCUT2D eigenvalue weighted by Gasteiger charge is 2.28. The first-order chi connectivity index (χ1) is 13.9. The van der Waals surface area contributed by atoms with Gasteiger partial charge in [-0.1, -0.05) is 23.7 Å². The third-order valence-corrected chi connectivity index (χ3v) is 5.28. The van der Waals surface area contributed by atoms with Gasteiger partial charge in [0.1, 0.15) is 11.3 Å². The van der Waals surface area contributed by atoms with Crippen LogP contribution in [0.5, 0.6) is 0 Å². The van der Waals surface area contributed by atoms with Crippen LogP contribution in [-0.4, -0.2) is 42.7 Å². The van der Waals surface area contributed by atoms with Crippen molar-refractivity contribution in [2.45, 2.75) is 31.4 Å². The second-order valence-corrected chi connectivity index (χ2v) is 7.55. The molecule has 2 aromatic heterocycles. The second-order valence-electron chi connectivity index (χ2n) is 7.12. The third kappa shape index (κ3) is 3.94. The Morgan fingerprint density at radius 2 is 2.03 bits per heavy atom. The topological polar surface area (TPSA) is 102 Å². The Labute approximate surface area is 171 Å². The molecule has 4 rings (SSSR count). The van der Waals surface area contributed by atoms with Crippen molar-refractivity contribution in [1.82, 2.24) is 24.9 Å². The van der Waals surface area contributed by atoms with Gasteiger partial charge in [0, 0.05) is 17.6 Å². The molecule has 0 saturated heterocycles. The number of hydrogen-bond donors (Lipinski definition) is 2. The van der Waals surface area contributed by atoms with Crippen LogP contribution in [0.1, 0.15) is 29.6 Å². The van der Waals surface area contributed by atoms with Gasteiger partial charge in [-0.3, -0.25) is 14.3 Å². The van der Waals surface area contributed by atoms with E-state index in [9.17, 15) is 14.7 Å². The number of rotatable bonds is 4. The number of aliphatic hydroxyl groups is 1. The van der Waals surface area contributed by atoms with Crippen molar-refractivity contribution in [2.24, 2.45) is 7.05 Å². The lowest BCUT2D eigenvalue weighted by Gasteiger charge is -2.17. The summed E-state index contributed by atoms with van der Waals surface area (Å²) >= 11 is 5.97. The van der Waals surface area contributed by atoms with Crippen LogP contribution in [0.15, 0.2) is 47.5 Å². The molecule has 0 radical (unpaired) electrons. The molecule has 3 aromatic rings. The quantitative estimate of drug-likeness (QED) is 0.680. The summed E-state index contributed by atoms with van der Waals surface area (Å²) in [6.45, 7) is 0. The molecule has 8 nitrogen and oxygen atoms in total. The van der Waals surface area contributed by atoms with Gasteiger partial charge in [-0.25, -0.2) is 0 Å². The Morgan fingerprint density at radius 3 is 2.66 bits per heavy atom. The van der Waals surface area contributed by atoms with Crippen LogP contribution in [-0.2, 0) is 7.05 Å². The zero-order valence-corrected chi connectivity index (χ0v) is 16.5. The molecule has 9 heteroatoms. The first-order valence-corrected chi connectivity index (χ1v) is 9.68. The van der Waals surface area contributed by atoms with Crippen LogP contribution < -0.4 is 10.9 Å². The normalized spacial score (nSPS) is 18.7. The summed E-state index contributed by atoms with van der Waals surface area (Å²) < 4.78 is 2.71. The number of nitrogens with one attached hydrogen (secondary N) is 1. The second kappa shape index (κ2) is 7.81. The zero-order chi connectivity index (χ0) is 20.5. The molecule has 0 bridgehead atoms. The van der Waals surface area contributed by atoms with Gasteiger partial charge in [0.25, 0.3) is 11.5 Å². The van der Waals surface area contributed by atoms with Crippen molar-refractivity contribution in [3.05, 3.63) is 63.7 Å². The Balaban J connectivity index is 1.80. The highest BCUT2D eigenvalue weighted by Crippen LogP contribution is 2.22. The minimum atomic E-state index is -0.600. The summed E-state index contributed by atoms with van der Waals surface area (Å²) in [5.74, 6) is -0.531. The molecule has 1 aliphatic rings. The van der Waals surface area contributed by atoms with E-state index >= 15 is 0 Å². The number of nitrogens with zero attached hydrogens (tertiary/aromatic N) is 4. The summed E-state index contributed by atoms with van der Waals surface area (Å²) in [6.07, 6.45) is 4.69. The Morgan fingerprint density at radius 1 is 1.28 bits per heavy atom. The Bertz CT molecular complexity index is 1110. The van der Waals surface area contributed by atoms with Crippen LogP contribution >= 0.6 is 11.6 Å². The largest absolute Gasteiger partial charge is 0.391 e. The van der Waals surface area contributed by atoms with E-state index in [0.717, 1.165) is 11.1 Å². The van der Waals surface area contributed by atoms with Crippen molar-refractivity contribution >= 4 is 17.5 Å². The van der Waals surface area contributed by atoms with Gasteiger partial charge in [-0.05, 0) is 37.5 Å². The standard InChI is InChI=1S/C20H20ClN5O3/c1-25-11-14(10-22-25)26-20(29)15(19(28)23-16-3-2-4-18(16)27)9-17(24-26)12-5-7-13(21)8-6-12/h5-11,16,18,27H,2-4H2,1H3,(H,23,28)/t16-,18+/m0/s1. The van der Waals surface area contributed by atoms with Gasteiger partial charge < -0.3 is 10.4 Å². The number of aromatic nitrogens is 4. The number of carbonyl (C=O) groups excluding carboxylic acids is 1. The average molecular weight is 414 g/mol. The maximum absolute atomic E-state index is 13.0. The predicted octanol–water partition coefficient (Wildman–Crippen LogP) is 1.93. The number of amides is 1. The summed E-state index contributed by atoms with van der Waals surface area (Å²) in [7, 11) is 1.73. The predicted molar refractivity (Wildman–Crippen MR) is 108 cm³/mol. The molecular weight excluding hydrogens is 394 g/mol. The van der Waals surface area contributed by atoms with Gasteiger partial charge in [-0.15, -0.1) is 0 Å². The summed E-state index contributed by atoms with van der Waals surface area (Å²) in [5.41, 5.74) is 1.00. The van der Waals surface area contributed by atoms with E-state index < -0.39 is 17.6 Å². The van der Waals surface area contributed by atoms with Crippen molar-refractivity contribution in [2.75, 3.05) is 0 Å². The molecule has 2 heterocycles. The fourth-order valence-corrected chi connectivity index (χ4v) is 3.59. The highest BCUT2D eigenvalue weighted by atomic mass is 35.5. The van der Waals surface area contributed by atoms with Crippen LogP contribution in [0.3, 0.4) is 0 Å². The third-order valence-electron chi connectivity index (χ3n) is 5.03. The van der Waals surface area contributed by atoms with Gasteiger partial charge in [0.15, 0.2) is 0 Å². The number of aliphatic hydroxyl groups excluding tert-OH is 1. The molecule has 1 aromatic carbocycles. The lowest BCUT2D eigenvalue weighted by molar-refractivity contribution is 0.0871. The summed E-state index contributed by atoms with van der Waals surface area (Å²) in [5, 5.41) is 21.9. The zero-order valence-electron chi connectivity index (χ0n) is 15.7. The van der Waals surface area contributed by atoms with Crippen LogP contribution in [0.25, 0.3) is 16.9 Å². The van der Waals surface area contributed by atoms with Gasteiger partial charge >= 0.3 is 0 Å². The molecule has 1 saturated carbocycles. The van der Waals surface area contributed by atoms with Gasteiger partial charge in [0.2, 0.25) is 0 Å². The van der Waals surface area contributed by atoms with Crippen molar-refractivity contribution in [3.63, 3.8) is 0 Å². The minimum Gasteiger partial charge on any atom is -0.391 e. The molecule has 0 aliphatic heterocycles. The van der Waals surface area contributed by atoms with Crippen LogP contribution in [0.2, 0.25) is 5.02 Å². The number of hydrogen-bond acceptors (Lipinski definition) is 5. The molecule has 2 N–H and O–H groups in total. The molecule has 1 fully saturated rings. The van der Waals surface area contributed by atoms with E-state index in [1.54, 1.807) is 42.2 Å². The van der Waals surface area contributed by atoms with E-state index in [0.29, 0.717) is 34.8 Å². The van der Waals surface area contributed by atoms with E-state index in [1.807, 2.05) is 0 Å². The van der Waals surface area contributed by atoms with E-state index in [4.69, 9.17) is 11.6 Å². The van der Waals surface area contributed by atoms with Gasteiger partial charge in [0.05, 0.1) is 30.2 Å². The lowest BCUT2D eigenvalue weighted by Crippen LogP contribution is -2.42. The number of benzene rings is 1. The molecular formula is C20H20ClN5O3. The number of carbonyl (C=O) groups is 1. The summed E-state index contributed by atoms with van der Waals surface area (Å²) in [4.78, 5) is 25.9. The highest BCUT2D eigenvalue weighted by molar-refractivity contribution is 6.30. The van der Waals surface area contributed by atoms with E-state index in [1.165, 1.54) is 12.3 Å². The van der Waals surface area contributed by atoms with Crippen molar-refractivity contribution in [1.29, 1.82) is 0 Å². The number of halogens is 1. The van der Waals surface area contributed by atoms with Crippen LogP contribution in [0, 0.1) is 0 Å². The molecule has 0 unspecified atom stereocenters. The monoisotopic (exact) mass is 413 g/mol. The molecule has 1 amide bonds. The molecule has 0 spiro atoms. The number of aryl methyl sites for hydroxylation is 1. The minimum absolute atomic E-state index is 0.0482.